The van der Waals surface area contributed by atoms with Crippen molar-refractivity contribution in [3.05, 3.63) is 16.6 Å². The first-order valence-corrected chi connectivity index (χ1v) is 6.55. The maximum absolute atomic E-state index is 6.08. The number of rotatable bonds is 3. The first-order chi connectivity index (χ1) is 7.36. The van der Waals surface area contributed by atoms with E-state index in [4.69, 9.17) is 10.5 Å². The first-order valence-electron chi connectivity index (χ1n) is 5.60. The van der Waals surface area contributed by atoms with E-state index in [0.717, 1.165) is 18.5 Å². The summed E-state index contributed by atoms with van der Waals surface area (Å²) < 4.78 is 5.84. The summed E-state index contributed by atoms with van der Waals surface area (Å²) >= 11 is 1.61. The Hall–Kier alpha value is -0.450. The number of hydrogen-bond donors (Lipinski definition) is 1. The zero-order valence-electron chi connectivity index (χ0n) is 8.89. The molecule has 2 atom stereocenters. The van der Waals surface area contributed by atoms with Crippen LogP contribution in [0.3, 0.4) is 0 Å². The van der Waals surface area contributed by atoms with Gasteiger partial charge in [-0.1, -0.05) is 19.3 Å². The number of nitrogens with two attached hydrogens (primary N) is 1. The Morgan fingerprint density at radius 1 is 1.40 bits per heavy atom. The molecule has 1 aliphatic carbocycles. The fraction of sp³-hybridized carbons (Fsp3) is 0.727. The Kier molecular flexibility index (Phi) is 4.11. The second-order valence-corrected chi connectivity index (χ2v) is 4.85. The van der Waals surface area contributed by atoms with Crippen LogP contribution in [0.2, 0.25) is 0 Å². The summed E-state index contributed by atoms with van der Waals surface area (Å²) in [5.74, 6) is 0. The minimum Gasteiger partial charge on any atom is -0.370 e. The van der Waals surface area contributed by atoms with E-state index in [-0.39, 0.29) is 12.1 Å². The van der Waals surface area contributed by atoms with E-state index in [9.17, 15) is 0 Å². The zero-order valence-corrected chi connectivity index (χ0v) is 9.71. The fourth-order valence-corrected chi connectivity index (χ4v) is 2.55. The number of aromatic nitrogens is 1. The molecule has 3 nitrogen and oxygen atoms in total. The largest absolute Gasteiger partial charge is 0.370 e. The van der Waals surface area contributed by atoms with Crippen LogP contribution in [-0.4, -0.2) is 17.1 Å². The molecule has 0 spiro atoms. The van der Waals surface area contributed by atoms with Crippen molar-refractivity contribution in [2.75, 3.05) is 0 Å². The van der Waals surface area contributed by atoms with Crippen LogP contribution in [0, 0.1) is 0 Å². The predicted octanol–water partition coefficient (Wildman–Crippen LogP) is 2.32. The van der Waals surface area contributed by atoms with Gasteiger partial charge < -0.3 is 10.5 Å². The number of thiazole rings is 1. The van der Waals surface area contributed by atoms with E-state index < -0.39 is 0 Å². The molecule has 0 aliphatic heterocycles. The highest BCUT2D eigenvalue weighted by molar-refractivity contribution is 7.07. The average Bonchev–Trinajstić information content (AvgIpc) is 2.67. The minimum absolute atomic E-state index is 0.214. The quantitative estimate of drug-likeness (QED) is 0.805. The molecular formula is C11H18N2OS. The summed E-state index contributed by atoms with van der Waals surface area (Å²) in [7, 11) is 0. The van der Waals surface area contributed by atoms with Crippen LogP contribution in [0.15, 0.2) is 10.9 Å². The number of nitrogens with zero attached hydrogens (tertiary/aromatic N) is 1. The lowest BCUT2D eigenvalue weighted by Crippen LogP contribution is -2.35. The highest BCUT2D eigenvalue weighted by atomic mass is 32.1. The number of ether oxygens (including phenoxy) is 1. The third-order valence-corrected chi connectivity index (χ3v) is 3.57. The first kappa shape index (κ1) is 11.0. The van der Waals surface area contributed by atoms with Crippen molar-refractivity contribution in [1.82, 2.24) is 4.98 Å². The fourth-order valence-electron chi connectivity index (χ4n) is 2.01. The predicted molar refractivity (Wildman–Crippen MR) is 61.8 cm³/mol. The summed E-state index contributed by atoms with van der Waals surface area (Å²) in [5, 5.41) is 2.03. The monoisotopic (exact) mass is 226 g/mol. The van der Waals surface area contributed by atoms with Gasteiger partial charge in [-0.25, -0.2) is 4.98 Å². The van der Waals surface area contributed by atoms with Crippen LogP contribution in [-0.2, 0) is 11.3 Å². The van der Waals surface area contributed by atoms with Gasteiger partial charge in [-0.05, 0) is 12.8 Å². The van der Waals surface area contributed by atoms with Crippen molar-refractivity contribution in [3.8, 4) is 0 Å². The Morgan fingerprint density at radius 2 is 2.27 bits per heavy atom. The van der Waals surface area contributed by atoms with Crippen molar-refractivity contribution >= 4 is 11.3 Å². The summed E-state index contributed by atoms with van der Waals surface area (Å²) in [6.07, 6.45) is 6.22. The molecule has 2 N–H and O–H groups in total. The highest BCUT2D eigenvalue weighted by Crippen LogP contribution is 2.20. The van der Waals surface area contributed by atoms with E-state index in [0.29, 0.717) is 6.61 Å². The summed E-state index contributed by atoms with van der Waals surface area (Å²) in [4.78, 5) is 4.20. The molecule has 84 valence electrons. The second-order valence-electron chi connectivity index (χ2n) is 4.13. The maximum atomic E-state index is 6.08. The Balaban J connectivity index is 1.81. The van der Waals surface area contributed by atoms with Gasteiger partial charge in [0, 0.05) is 11.4 Å². The second kappa shape index (κ2) is 5.58. The van der Waals surface area contributed by atoms with Crippen molar-refractivity contribution in [2.45, 2.75) is 50.9 Å². The molecule has 0 radical (unpaired) electrons. The van der Waals surface area contributed by atoms with Gasteiger partial charge in [-0.3, -0.25) is 0 Å². The average molecular weight is 226 g/mol. The molecule has 15 heavy (non-hydrogen) atoms. The van der Waals surface area contributed by atoms with Gasteiger partial charge in [0.1, 0.15) is 0 Å². The molecule has 0 saturated heterocycles. The molecule has 2 rings (SSSR count). The van der Waals surface area contributed by atoms with Gasteiger partial charge in [0.2, 0.25) is 0 Å². The van der Waals surface area contributed by atoms with E-state index in [1.54, 1.807) is 11.3 Å². The van der Waals surface area contributed by atoms with Crippen LogP contribution in [0.4, 0.5) is 0 Å². The SMILES string of the molecule is NC1CCCCCC1OCc1cscn1. The lowest BCUT2D eigenvalue weighted by atomic mass is 10.1. The van der Waals surface area contributed by atoms with Crippen molar-refractivity contribution in [3.63, 3.8) is 0 Å². The van der Waals surface area contributed by atoms with Gasteiger partial charge in [0.05, 0.1) is 23.9 Å². The van der Waals surface area contributed by atoms with Gasteiger partial charge in [-0.2, -0.15) is 0 Å². The van der Waals surface area contributed by atoms with Crippen molar-refractivity contribution < 1.29 is 4.74 Å². The smallest absolute Gasteiger partial charge is 0.0900 e. The van der Waals surface area contributed by atoms with Gasteiger partial charge in [0.25, 0.3) is 0 Å². The molecule has 0 amide bonds. The zero-order chi connectivity index (χ0) is 10.5. The topological polar surface area (TPSA) is 48.1 Å². The Labute approximate surface area is 94.7 Å². The lowest BCUT2D eigenvalue weighted by Gasteiger charge is -2.21. The summed E-state index contributed by atoms with van der Waals surface area (Å²) in [5.41, 5.74) is 8.94. The Morgan fingerprint density at radius 3 is 3.07 bits per heavy atom. The van der Waals surface area contributed by atoms with E-state index in [2.05, 4.69) is 4.98 Å². The molecule has 1 heterocycles. The van der Waals surface area contributed by atoms with Crippen LogP contribution in [0.1, 0.15) is 37.8 Å². The normalized spacial score (nSPS) is 27.5. The van der Waals surface area contributed by atoms with Gasteiger partial charge >= 0.3 is 0 Å². The molecule has 1 aliphatic rings. The van der Waals surface area contributed by atoms with E-state index >= 15 is 0 Å². The van der Waals surface area contributed by atoms with Gasteiger partial charge in [0.15, 0.2) is 0 Å². The Bertz CT molecular complexity index is 276. The molecule has 0 bridgehead atoms. The molecule has 1 aromatic rings. The van der Waals surface area contributed by atoms with Crippen LogP contribution in [0.5, 0.6) is 0 Å². The standard InChI is InChI=1S/C11H18N2OS/c12-10-4-2-1-3-5-11(10)14-6-9-7-15-8-13-9/h7-8,10-11H,1-6,12H2. The maximum Gasteiger partial charge on any atom is 0.0900 e. The molecule has 4 heteroatoms. The molecule has 2 unspecified atom stereocenters. The van der Waals surface area contributed by atoms with Crippen LogP contribution >= 0.6 is 11.3 Å². The van der Waals surface area contributed by atoms with E-state index in [1.807, 2.05) is 10.9 Å². The molecule has 1 saturated carbocycles. The highest BCUT2D eigenvalue weighted by Gasteiger charge is 2.20. The molecule has 1 fully saturated rings. The van der Waals surface area contributed by atoms with Crippen molar-refractivity contribution in [2.24, 2.45) is 5.73 Å². The molecule has 0 aromatic carbocycles. The van der Waals surface area contributed by atoms with Crippen LogP contribution < -0.4 is 5.73 Å². The van der Waals surface area contributed by atoms with Crippen LogP contribution in [0.25, 0.3) is 0 Å². The third-order valence-electron chi connectivity index (χ3n) is 2.93. The lowest BCUT2D eigenvalue weighted by molar-refractivity contribution is 0.0180. The third kappa shape index (κ3) is 3.26. The molecular weight excluding hydrogens is 208 g/mol. The summed E-state index contributed by atoms with van der Waals surface area (Å²) in [6, 6.07) is 0.214. The number of hydrogen-bond acceptors (Lipinski definition) is 4. The van der Waals surface area contributed by atoms with Crippen molar-refractivity contribution in [1.29, 1.82) is 0 Å². The summed E-state index contributed by atoms with van der Waals surface area (Å²) in [6.45, 7) is 0.613. The van der Waals surface area contributed by atoms with Gasteiger partial charge in [-0.15, -0.1) is 11.3 Å². The minimum atomic E-state index is 0.214. The molecule has 1 aromatic heterocycles. The van der Waals surface area contributed by atoms with E-state index in [1.165, 1.54) is 19.3 Å².